The van der Waals surface area contributed by atoms with E-state index in [1.54, 1.807) is 5.38 Å². The summed E-state index contributed by atoms with van der Waals surface area (Å²) in [6.07, 6.45) is -4.29. The van der Waals surface area contributed by atoms with E-state index in [-0.39, 0.29) is 12.3 Å². The van der Waals surface area contributed by atoms with Crippen LogP contribution in [0.1, 0.15) is 24.0 Å². The van der Waals surface area contributed by atoms with E-state index in [1.807, 2.05) is 31.2 Å². The van der Waals surface area contributed by atoms with Gasteiger partial charge in [-0.2, -0.15) is 13.2 Å². The number of hydrogen-bond acceptors (Lipinski definition) is 4. The fraction of sp³-hybridized carbons (Fsp3) is 0.227. The van der Waals surface area contributed by atoms with Gasteiger partial charge in [-0.3, -0.25) is 4.79 Å². The number of rotatable bonds is 6. The topological polar surface area (TPSA) is 59.8 Å². The number of nitrogens with one attached hydrogen (secondary N) is 1. The van der Waals surface area contributed by atoms with Crippen molar-refractivity contribution in [2.24, 2.45) is 0 Å². The number of nitrogens with zero attached hydrogens (tertiary/aromatic N) is 3. The number of aromatic nitrogens is 3. The van der Waals surface area contributed by atoms with Crippen LogP contribution in [0.25, 0.3) is 21.6 Å². The fourth-order valence-corrected chi connectivity index (χ4v) is 4.17. The molecular weight excluding hydrogens is 425 g/mol. The number of carbonyl (C=O) groups is 1. The lowest BCUT2D eigenvalue weighted by Crippen LogP contribution is -2.26. The normalized spacial score (nSPS) is 11.7. The Balaban J connectivity index is 1.39. The number of imidazole rings is 1. The maximum absolute atomic E-state index is 12.7. The second-order valence-corrected chi connectivity index (χ2v) is 7.79. The molecule has 0 saturated carbocycles. The van der Waals surface area contributed by atoms with Crippen molar-refractivity contribution in [3.63, 3.8) is 0 Å². The van der Waals surface area contributed by atoms with Gasteiger partial charge in [0.2, 0.25) is 5.91 Å². The van der Waals surface area contributed by atoms with Crippen molar-refractivity contribution in [3.8, 4) is 10.6 Å². The molecule has 2 aromatic carbocycles. The summed E-state index contributed by atoms with van der Waals surface area (Å²) in [5.74, 6) is 0.583. The molecule has 160 valence electrons. The number of hydrogen-bond donors (Lipinski definition) is 1. The van der Waals surface area contributed by atoms with Gasteiger partial charge >= 0.3 is 6.18 Å². The van der Waals surface area contributed by atoms with Gasteiger partial charge in [-0.05, 0) is 31.2 Å². The Morgan fingerprint density at radius 2 is 1.84 bits per heavy atom. The minimum atomic E-state index is -4.37. The van der Waals surface area contributed by atoms with Crippen molar-refractivity contribution in [2.45, 2.75) is 32.6 Å². The van der Waals surface area contributed by atoms with Crippen LogP contribution < -0.4 is 5.32 Å². The summed E-state index contributed by atoms with van der Waals surface area (Å²) >= 11 is 1.29. The molecule has 0 radical (unpaired) electrons. The monoisotopic (exact) mass is 444 g/mol. The van der Waals surface area contributed by atoms with Crippen molar-refractivity contribution < 1.29 is 18.0 Å². The molecule has 4 aromatic rings. The van der Waals surface area contributed by atoms with Gasteiger partial charge in [-0.25, -0.2) is 9.97 Å². The number of alkyl halides is 3. The maximum Gasteiger partial charge on any atom is 0.416 e. The van der Waals surface area contributed by atoms with Gasteiger partial charge in [0.15, 0.2) is 0 Å². The Morgan fingerprint density at radius 3 is 2.55 bits per heavy atom. The number of amides is 1. The molecule has 5 nitrogen and oxygen atoms in total. The summed E-state index contributed by atoms with van der Waals surface area (Å²) in [6, 6.07) is 12.6. The van der Waals surface area contributed by atoms with E-state index in [1.165, 1.54) is 23.5 Å². The van der Waals surface area contributed by atoms with Crippen molar-refractivity contribution >= 4 is 28.3 Å². The van der Waals surface area contributed by atoms with E-state index in [0.29, 0.717) is 22.8 Å². The molecule has 0 spiro atoms. The summed E-state index contributed by atoms with van der Waals surface area (Å²) in [7, 11) is 0. The average molecular weight is 444 g/mol. The largest absolute Gasteiger partial charge is 0.416 e. The maximum atomic E-state index is 12.7. The molecule has 0 unspecified atom stereocenters. The molecule has 1 amide bonds. The van der Waals surface area contributed by atoms with Gasteiger partial charge in [0.05, 0.1) is 35.3 Å². The van der Waals surface area contributed by atoms with E-state index in [4.69, 9.17) is 0 Å². The van der Waals surface area contributed by atoms with Crippen LogP contribution in [0.2, 0.25) is 0 Å². The summed E-state index contributed by atoms with van der Waals surface area (Å²) in [5.41, 5.74) is 2.36. The minimum absolute atomic E-state index is 0.0868. The van der Waals surface area contributed by atoms with Crippen molar-refractivity contribution in [1.29, 1.82) is 0 Å². The van der Waals surface area contributed by atoms with Gasteiger partial charge in [0.1, 0.15) is 10.8 Å². The SMILES string of the molecule is CCn1c(CNC(=O)Cc2csc(-c3ccc(C(F)(F)F)cc3)n2)nc2ccccc21. The lowest BCUT2D eigenvalue weighted by molar-refractivity contribution is -0.137. The molecule has 4 rings (SSSR count). The van der Waals surface area contributed by atoms with Gasteiger partial charge in [0, 0.05) is 17.5 Å². The Hall–Kier alpha value is -3.20. The number of benzene rings is 2. The van der Waals surface area contributed by atoms with E-state index in [2.05, 4.69) is 19.9 Å². The van der Waals surface area contributed by atoms with Gasteiger partial charge in [-0.15, -0.1) is 11.3 Å². The zero-order valence-electron chi connectivity index (χ0n) is 16.6. The Morgan fingerprint density at radius 1 is 1.10 bits per heavy atom. The highest BCUT2D eigenvalue weighted by Crippen LogP contribution is 2.31. The number of fused-ring (bicyclic) bond motifs is 1. The molecule has 2 heterocycles. The van der Waals surface area contributed by atoms with Crippen LogP contribution >= 0.6 is 11.3 Å². The van der Waals surface area contributed by atoms with Gasteiger partial charge in [-0.1, -0.05) is 24.3 Å². The molecule has 0 aliphatic rings. The predicted molar refractivity (Wildman–Crippen MR) is 114 cm³/mol. The number of aryl methyl sites for hydroxylation is 1. The highest BCUT2D eigenvalue weighted by molar-refractivity contribution is 7.13. The highest BCUT2D eigenvalue weighted by Gasteiger charge is 2.30. The van der Waals surface area contributed by atoms with Gasteiger partial charge < -0.3 is 9.88 Å². The molecule has 31 heavy (non-hydrogen) atoms. The summed E-state index contributed by atoms with van der Waals surface area (Å²) < 4.78 is 40.2. The lowest BCUT2D eigenvalue weighted by atomic mass is 10.1. The van der Waals surface area contributed by atoms with E-state index >= 15 is 0 Å². The molecule has 0 bridgehead atoms. The lowest BCUT2D eigenvalue weighted by Gasteiger charge is -2.07. The zero-order chi connectivity index (χ0) is 22.0. The van der Waals surface area contributed by atoms with Crippen molar-refractivity contribution in [2.75, 3.05) is 0 Å². The molecular formula is C22H19F3N4OS. The Kier molecular flexibility index (Phi) is 5.77. The molecule has 0 saturated heterocycles. The van der Waals surface area contributed by atoms with E-state index < -0.39 is 11.7 Å². The predicted octanol–water partition coefficient (Wildman–Crippen LogP) is 5.06. The number of thiazole rings is 1. The van der Waals surface area contributed by atoms with Crippen LogP contribution in [0.3, 0.4) is 0 Å². The van der Waals surface area contributed by atoms with E-state index in [9.17, 15) is 18.0 Å². The molecule has 0 atom stereocenters. The highest BCUT2D eigenvalue weighted by atomic mass is 32.1. The molecule has 0 aliphatic carbocycles. The van der Waals surface area contributed by atoms with Crippen LogP contribution in [-0.4, -0.2) is 20.4 Å². The molecule has 0 fully saturated rings. The standard InChI is InChI=1S/C22H19F3N4OS/c1-2-29-18-6-4-3-5-17(18)28-19(29)12-26-20(30)11-16-13-31-21(27-16)14-7-9-15(10-8-14)22(23,24)25/h3-10,13H,2,11-12H2,1H3,(H,26,30). The first-order valence-corrected chi connectivity index (χ1v) is 10.6. The van der Waals surface area contributed by atoms with Crippen LogP contribution in [-0.2, 0) is 30.5 Å². The van der Waals surface area contributed by atoms with Crippen molar-refractivity contribution in [1.82, 2.24) is 19.9 Å². The molecule has 9 heteroatoms. The smallest absolute Gasteiger partial charge is 0.349 e. The zero-order valence-corrected chi connectivity index (χ0v) is 17.4. The summed E-state index contributed by atoms with van der Waals surface area (Å²) in [6.45, 7) is 3.07. The third-order valence-electron chi connectivity index (χ3n) is 4.85. The van der Waals surface area contributed by atoms with Crippen LogP contribution in [0.15, 0.2) is 53.9 Å². The number of para-hydroxylation sites is 2. The second-order valence-electron chi connectivity index (χ2n) is 6.93. The van der Waals surface area contributed by atoms with Crippen molar-refractivity contribution in [3.05, 3.63) is 71.0 Å². The first-order chi connectivity index (χ1) is 14.8. The Bertz CT molecular complexity index is 1210. The van der Waals surface area contributed by atoms with Crippen LogP contribution in [0.4, 0.5) is 13.2 Å². The fourth-order valence-electron chi connectivity index (χ4n) is 3.34. The molecule has 2 aromatic heterocycles. The number of carbonyl (C=O) groups excluding carboxylic acids is 1. The summed E-state index contributed by atoms with van der Waals surface area (Å²) in [5, 5.41) is 5.19. The Labute approximate surface area is 180 Å². The van der Waals surface area contributed by atoms with Crippen LogP contribution in [0, 0.1) is 0 Å². The third-order valence-corrected chi connectivity index (χ3v) is 5.79. The first-order valence-electron chi connectivity index (χ1n) is 9.68. The van der Waals surface area contributed by atoms with Gasteiger partial charge in [0.25, 0.3) is 0 Å². The average Bonchev–Trinajstić information content (AvgIpc) is 3.35. The third kappa shape index (κ3) is 4.61. The second kappa shape index (κ2) is 8.50. The van der Waals surface area contributed by atoms with Crippen LogP contribution in [0.5, 0.6) is 0 Å². The molecule has 1 N–H and O–H groups in total. The summed E-state index contributed by atoms with van der Waals surface area (Å²) in [4.78, 5) is 21.4. The van der Waals surface area contributed by atoms with E-state index in [0.717, 1.165) is 35.5 Å². The quantitative estimate of drug-likeness (QED) is 0.452. The molecule has 0 aliphatic heterocycles. The number of halogens is 3. The minimum Gasteiger partial charge on any atom is -0.349 e. The first kappa shape index (κ1) is 21.0.